The van der Waals surface area contributed by atoms with Gasteiger partial charge in [-0.15, -0.1) is 0 Å². The number of ether oxygens (including phenoxy) is 2. The summed E-state index contributed by atoms with van der Waals surface area (Å²) < 4.78 is 20.5. The summed E-state index contributed by atoms with van der Waals surface area (Å²) in [6.45, 7) is 9.26. The first-order chi connectivity index (χ1) is 25.8. The largest absolute Gasteiger partial charge is 0.471 e. The number of carbonyl (C=O) groups is 1. The Morgan fingerprint density at radius 1 is 0.868 bits per heavy atom. The minimum atomic E-state index is -0.706. The third-order valence-electron chi connectivity index (χ3n) is 9.92. The first kappa shape index (κ1) is 36.3. The lowest BCUT2D eigenvalue weighted by Gasteiger charge is -2.50. The SMILES string of the molecule is Cc1cccc(C)c1COc1nc(NC(=O)C(C)C)nc2c1ncn2[C@H]1CN(C(c2ccccc2)(c2ccccc2)c2ccccc2)CC(COS)O1. The summed E-state index contributed by atoms with van der Waals surface area (Å²) in [5, 5.41) is 2.88. The van der Waals surface area contributed by atoms with Crippen LogP contribution in [0, 0.1) is 19.8 Å². The molecule has 1 aliphatic heterocycles. The van der Waals surface area contributed by atoms with Gasteiger partial charge < -0.3 is 13.7 Å². The molecule has 1 unspecified atom stereocenters. The quantitative estimate of drug-likeness (QED) is 0.0752. The minimum Gasteiger partial charge on any atom is -0.471 e. The fraction of sp³-hybridized carbons (Fsp3) is 0.286. The van der Waals surface area contributed by atoms with Crippen molar-refractivity contribution in [1.82, 2.24) is 24.4 Å². The molecule has 11 heteroatoms. The number of benzene rings is 4. The number of anilines is 1. The summed E-state index contributed by atoms with van der Waals surface area (Å²) in [5.41, 5.74) is 6.85. The van der Waals surface area contributed by atoms with Crippen LogP contribution in [-0.2, 0) is 25.9 Å². The number of carbonyl (C=O) groups excluding carboxylic acids is 1. The number of thiol groups is 1. The average Bonchev–Trinajstić information content (AvgIpc) is 3.61. The molecule has 0 spiro atoms. The van der Waals surface area contributed by atoms with Gasteiger partial charge in [0.2, 0.25) is 17.7 Å². The molecule has 2 aromatic heterocycles. The highest BCUT2D eigenvalue weighted by Crippen LogP contribution is 2.45. The van der Waals surface area contributed by atoms with E-state index < -0.39 is 11.8 Å². The van der Waals surface area contributed by atoms with E-state index in [1.54, 1.807) is 6.33 Å². The zero-order valence-corrected chi connectivity index (χ0v) is 31.2. The van der Waals surface area contributed by atoms with Gasteiger partial charge in [-0.3, -0.25) is 19.6 Å². The van der Waals surface area contributed by atoms with Gasteiger partial charge in [-0.05, 0) is 60.1 Å². The van der Waals surface area contributed by atoms with Crippen molar-refractivity contribution in [2.24, 2.45) is 5.92 Å². The molecule has 2 atom stereocenters. The van der Waals surface area contributed by atoms with E-state index in [4.69, 9.17) is 23.6 Å². The Bertz CT molecular complexity index is 2050. The van der Waals surface area contributed by atoms with Crippen molar-refractivity contribution in [2.75, 3.05) is 25.0 Å². The van der Waals surface area contributed by atoms with E-state index >= 15 is 0 Å². The number of morpholine rings is 1. The number of rotatable bonds is 12. The van der Waals surface area contributed by atoms with Crippen molar-refractivity contribution in [1.29, 1.82) is 0 Å². The van der Waals surface area contributed by atoms with Crippen LogP contribution >= 0.6 is 12.9 Å². The number of fused-ring (bicyclic) bond motifs is 1. The second kappa shape index (κ2) is 15.9. The van der Waals surface area contributed by atoms with Crippen LogP contribution < -0.4 is 10.1 Å². The Kier molecular flexibility index (Phi) is 10.9. The van der Waals surface area contributed by atoms with Gasteiger partial charge in [-0.2, -0.15) is 9.97 Å². The number of hydrogen-bond donors (Lipinski definition) is 2. The summed E-state index contributed by atoms with van der Waals surface area (Å²) in [6, 6.07) is 37.8. The predicted octanol–water partition coefficient (Wildman–Crippen LogP) is 7.67. The number of nitrogens with zero attached hydrogens (tertiary/aromatic N) is 5. The van der Waals surface area contributed by atoms with Crippen molar-refractivity contribution < 1.29 is 18.5 Å². The van der Waals surface area contributed by atoms with E-state index in [0.717, 1.165) is 33.4 Å². The Balaban J connectivity index is 1.36. The van der Waals surface area contributed by atoms with Gasteiger partial charge >= 0.3 is 0 Å². The predicted molar refractivity (Wildman–Crippen MR) is 209 cm³/mol. The number of aryl methyl sites for hydroxylation is 2. The summed E-state index contributed by atoms with van der Waals surface area (Å²) in [6.07, 6.45) is 0.759. The van der Waals surface area contributed by atoms with Crippen LogP contribution in [0.4, 0.5) is 5.95 Å². The zero-order chi connectivity index (χ0) is 37.0. The molecule has 272 valence electrons. The Morgan fingerprint density at radius 2 is 1.45 bits per heavy atom. The summed E-state index contributed by atoms with van der Waals surface area (Å²) >= 11 is 4.15. The van der Waals surface area contributed by atoms with Gasteiger partial charge in [0.25, 0.3) is 0 Å². The average molecular weight is 729 g/mol. The molecule has 1 saturated heterocycles. The van der Waals surface area contributed by atoms with Crippen LogP contribution in [0.15, 0.2) is 116 Å². The molecule has 53 heavy (non-hydrogen) atoms. The maximum Gasteiger partial charge on any atom is 0.247 e. The number of hydrogen-bond acceptors (Lipinski definition) is 9. The Hall–Kier alpha value is -5.07. The fourth-order valence-electron chi connectivity index (χ4n) is 7.24. The maximum absolute atomic E-state index is 12.9. The topological polar surface area (TPSA) is 104 Å². The molecule has 3 heterocycles. The van der Waals surface area contributed by atoms with Gasteiger partial charge in [0, 0.05) is 19.0 Å². The third kappa shape index (κ3) is 7.30. The molecular formula is C42H44N6O4S. The molecule has 0 radical (unpaired) electrons. The van der Waals surface area contributed by atoms with Crippen molar-refractivity contribution in [3.05, 3.63) is 149 Å². The van der Waals surface area contributed by atoms with Crippen LogP contribution in [-0.4, -0.2) is 56.1 Å². The van der Waals surface area contributed by atoms with Crippen molar-refractivity contribution in [3.8, 4) is 5.88 Å². The molecule has 6 aromatic rings. The monoisotopic (exact) mass is 728 g/mol. The van der Waals surface area contributed by atoms with E-state index in [1.165, 1.54) is 0 Å². The fourth-order valence-corrected chi connectivity index (χ4v) is 7.40. The van der Waals surface area contributed by atoms with Gasteiger partial charge in [-0.25, -0.2) is 4.98 Å². The molecule has 0 saturated carbocycles. The third-order valence-corrected chi connectivity index (χ3v) is 10.1. The molecule has 1 fully saturated rings. The van der Waals surface area contributed by atoms with Crippen LogP contribution in [0.25, 0.3) is 11.2 Å². The molecule has 1 N–H and O–H groups in total. The summed E-state index contributed by atoms with van der Waals surface area (Å²) in [7, 11) is 0. The van der Waals surface area contributed by atoms with Crippen molar-refractivity contribution in [2.45, 2.75) is 52.2 Å². The van der Waals surface area contributed by atoms with Crippen molar-refractivity contribution >= 4 is 35.9 Å². The number of amides is 1. The van der Waals surface area contributed by atoms with Crippen LogP contribution in [0.1, 0.15) is 53.5 Å². The first-order valence-corrected chi connectivity index (χ1v) is 18.2. The van der Waals surface area contributed by atoms with Gasteiger partial charge in [0.1, 0.15) is 12.8 Å². The molecule has 0 aliphatic carbocycles. The second-order valence-electron chi connectivity index (χ2n) is 13.7. The van der Waals surface area contributed by atoms with Crippen molar-refractivity contribution in [3.63, 3.8) is 0 Å². The second-order valence-corrected chi connectivity index (χ2v) is 14.0. The molecule has 4 aromatic carbocycles. The number of imidazole rings is 1. The van der Waals surface area contributed by atoms with Gasteiger partial charge in [-0.1, -0.05) is 123 Å². The van der Waals surface area contributed by atoms with E-state index in [0.29, 0.717) is 24.3 Å². The standard InChI is InChI=1S/C42H44N6O4S/c1-28(2)39(49)45-41-44-38-37(40(46-41)50-26-35-29(3)15-14-16-30(35)4)43-27-48(38)36-24-47(23-34(52-36)25-51-53)42(31-17-8-5-9-18-31,32-19-10-6-11-20-32)33-21-12-7-13-22-33/h5-22,27-28,34,36,53H,23-26H2,1-4H3,(H,44,45,46,49)/t34?,36-/m1/s1. The van der Waals surface area contributed by atoms with Crippen LogP contribution in [0.2, 0.25) is 0 Å². The Morgan fingerprint density at radius 3 is 2.00 bits per heavy atom. The number of nitrogens with one attached hydrogen (secondary N) is 1. The molecule has 1 amide bonds. The first-order valence-electron chi connectivity index (χ1n) is 17.9. The summed E-state index contributed by atoms with van der Waals surface area (Å²) in [5.74, 6) is -0.0896. The van der Waals surface area contributed by atoms with Gasteiger partial charge in [0.05, 0.1) is 24.6 Å². The highest BCUT2D eigenvalue weighted by Gasteiger charge is 2.46. The molecule has 10 nitrogen and oxygen atoms in total. The van der Waals surface area contributed by atoms with E-state index in [-0.39, 0.29) is 43.0 Å². The summed E-state index contributed by atoms with van der Waals surface area (Å²) in [4.78, 5) is 29.7. The minimum absolute atomic E-state index is 0.129. The lowest BCUT2D eigenvalue weighted by molar-refractivity contribution is -0.144. The highest BCUT2D eigenvalue weighted by molar-refractivity contribution is 7.75. The number of aromatic nitrogens is 4. The van der Waals surface area contributed by atoms with E-state index in [2.05, 4.69) is 127 Å². The maximum atomic E-state index is 12.9. The van der Waals surface area contributed by atoms with E-state index in [9.17, 15) is 4.79 Å². The molecule has 7 rings (SSSR count). The smallest absolute Gasteiger partial charge is 0.247 e. The normalized spacial score (nSPS) is 16.6. The van der Waals surface area contributed by atoms with Gasteiger partial charge in [0.15, 0.2) is 11.2 Å². The van der Waals surface area contributed by atoms with Crippen LogP contribution in [0.5, 0.6) is 5.88 Å². The lowest BCUT2D eigenvalue weighted by atomic mass is 9.75. The molecular weight excluding hydrogens is 685 g/mol. The van der Waals surface area contributed by atoms with Crippen LogP contribution in [0.3, 0.4) is 0 Å². The molecule has 1 aliphatic rings. The Labute approximate surface area is 315 Å². The zero-order valence-electron chi connectivity index (χ0n) is 30.3. The molecule has 0 bridgehead atoms. The highest BCUT2D eigenvalue weighted by atomic mass is 32.1. The van der Waals surface area contributed by atoms with E-state index in [1.807, 2.05) is 42.7 Å². The lowest BCUT2D eigenvalue weighted by Crippen LogP contribution is -2.57.